The molecular weight excluding hydrogens is 216 g/mol. The Kier molecular flexibility index (Phi) is 4.67. The maximum Gasteiger partial charge on any atom is 0.129 e. The normalized spacial score (nSPS) is 12.8. The average molecular weight is 238 g/mol. The van der Waals surface area contributed by atoms with Crippen molar-refractivity contribution in [1.29, 1.82) is 0 Å². The van der Waals surface area contributed by atoms with Gasteiger partial charge in [-0.3, -0.25) is 0 Å². The van der Waals surface area contributed by atoms with E-state index in [0.717, 1.165) is 6.42 Å². The van der Waals surface area contributed by atoms with Crippen LogP contribution in [0.5, 0.6) is 17.2 Å². The van der Waals surface area contributed by atoms with Crippen molar-refractivity contribution >= 4 is 0 Å². The molecule has 0 saturated heterocycles. The van der Waals surface area contributed by atoms with Crippen LogP contribution < -0.4 is 4.74 Å². The molecule has 0 radical (unpaired) electrons. The third kappa shape index (κ3) is 4.17. The fourth-order valence-corrected chi connectivity index (χ4v) is 1.91. The molecule has 3 nitrogen and oxygen atoms in total. The Hall–Kier alpha value is -1.38. The summed E-state index contributed by atoms with van der Waals surface area (Å²) in [7, 11) is 0. The lowest BCUT2D eigenvalue weighted by Gasteiger charge is -2.16. The number of hydrogen-bond donors (Lipinski definition) is 2. The molecule has 3 heteroatoms. The van der Waals surface area contributed by atoms with Crippen LogP contribution >= 0.6 is 0 Å². The van der Waals surface area contributed by atoms with Crippen LogP contribution in [0.1, 0.15) is 32.8 Å². The maximum absolute atomic E-state index is 9.55. The SMILES string of the molecule is Cc1c(O)cc(O)cc1OCC(C)CC(C)C. The molecule has 1 unspecified atom stereocenters. The van der Waals surface area contributed by atoms with Gasteiger partial charge in [-0.15, -0.1) is 0 Å². The summed E-state index contributed by atoms with van der Waals surface area (Å²) in [6.45, 7) is 8.88. The van der Waals surface area contributed by atoms with Gasteiger partial charge in [0, 0.05) is 17.7 Å². The Morgan fingerprint density at radius 1 is 1.18 bits per heavy atom. The van der Waals surface area contributed by atoms with Gasteiger partial charge >= 0.3 is 0 Å². The van der Waals surface area contributed by atoms with Crippen LogP contribution in [0.25, 0.3) is 0 Å². The Morgan fingerprint density at radius 2 is 1.82 bits per heavy atom. The number of phenols is 2. The van der Waals surface area contributed by atoms with Gasteiger partial charge in [0.05, 0.1) is 6.61 Å². The standard InChI is InChI=1S/C14H22O3/c1-9(2)5-10(3)8-17-14-7-12(15)6-13(16)11(14)4/h6-7,9-10,15-16H,5,8H2,1-4H3. The lowest BCUT2D eigenvalue weighted by Crippen LogP contribution is -2.11. The van der Waals surface area contributed by atoms with Gasteiger partial charge in [-0.2, -0.15) is 0 Å². The molecule has 0 saturated carbocycles. The molecule has 1 rings (SSSR count). The zero-order chi connectivity index (χ0) is 13.0. The molecule has 0 fully saturated rings. The summed E-state index contributed by atoms with van der Waals surface area (Å²) in [6, 6.07) is 2.86. The number of hydrogen-bond acceptors (Lipinski definition) is 3. The monoisotopic (exact) mass is 238 g/mol. The molecular formula is C14H22O3. The van der Waals surface area contributed by atoms with Gasteiger partial charge in [0.15, 0.2) is 0 Å². The first kappa shape index (κ1) is 13.7. The quantitative estimate of drug-likeness (QED) is 0.825. The Morgan fingerprint density at radius 3 is 2.41 bits per heavy atom. The van der Waals surface area contributed by atoms with Crippen LogP contribution in [0.15, 0.2) is 12.1 Å². The smallest absolute Gasteiger partial charge is 0.129 e. The minimum Gasteiger partial charge on any atom is -0.508 e. The molecule has 1 aromatic carbocycles. The third-order valence-electron chi connectivity index (χ3n) is 2.71. The van der Waals surface area contributed by atoms with E-state index in [1.807, 2.05) is 0 Å². The molecule has 2 N–H and O–H groups in total. The minimum atomic E-state index is 0.0274. The summed E-state index contributed by atoms with van der Waals surface area (Å²) >= 11 is 0. The fraction of sp³-hybridized carbons (Fsp3) is 0.571. The van der Waals surface area contributed by atoms with Gasteiger partial charge in [0.25, 0.3) is 0 Å². The summed E-state index contributed by atoms with van der Waals surface area (Å²) in [5.74, 6) is 1.75. The topological polar surface area (TPSA) is 49.7 Å². The highest BCUT2D eigenvalue weighted by Crippen LogP contribution is 2.32. The second kappa shape index (κ2) is 5.80. The van der Waals surface area contributed by atoms with Gasteiger partial charge in [0.1, 0.15) is 17.2 Å². The summed E-state index contributed by atoms with van der Waals surface area (Å²) in [5.41, 5.74) is 0.666. The first-order valence-corrected chi connectivity index (χ1v) is 6.05. The highest BCUT2D eigenvalue weighted by atomic mass is 16.5. The predicted molar refractivity (Wildman–Crippen MR) is 68.6 cm³/mol. The second-order valence-electron chi connectivity index (χ2n) is 5.13. The molecule has 0 aliphatic carbocycles. The van der Waals surface area contributed by atoms with E-state index >= 15 is 0 Å². The molecule has 17 heavy (non-hydrogen) atoms. The maximum atomic E-state index is 9.55. The van der Waals surface area contributed by atoms with Crippen LogP contribution in [0.3, 0.4) is 0 Å². The summed E-state index contributed by atoms with van der Waals surface area (Å²) < 4.78 is 5.64. The molecule has 96 valence electrons. The Bertz CT molecular complexity index is 372. The van der Waals surface area contributed by atoms with E-state index in [4.69, 9.17) is 4.74 Å². The Labute approximate surface area is 103 Å². The summed E-state index contributed by atoms with van der Waals surface area (Å²) in [6.07, 6.45) is 1.10. The van der Waals surface area contributed by atoms with Crippen molar-refractivity contribution in [3.05, 3.63) is 17.7 Å². The highest BCUT2D eigenvalue weighted by molar-refractivity contribution is 5.48. The first-order chi connectivity index (χ1) is 7.90. The summed E-state index contributed by atoms with van der Waals surface area (Å²) in [5, 5.41) is 18.9. The van der Waals surface area contributed by atoms with Crippen molar-refractivity contribution in [2.75, 3.05) is 6.61 Å². The van der Waals surface area contributed by atoms with Crippen LogP contribution in [-0.4, -0.2) is 16.8 Å². The van der Waals surface area contributed by atoms with E-state index in [9.17, 15) is 10.2 Å². The lowest BCUT2D eigenvalue weighted by molar-refractivity contribution is 0.236. The highest BCUT2D eigenvalue weighted by Gasteiger charge is 2.10. The number of phenolic OH excluding ortho intramolecular Hbond substituents is 2. The zero-order valence-electron chi connectivity index (χ0n) is 11.0. The molecule has 0 bridgehead atoms. The molecule has 0 heterocycles. The fourth-order valence-electron chi connectivity index (χ4n) is 1.91. The van der Waals surface area contributed by atoms with Crippen LogP contribution in [0.4, 0.5) is 0 Å². The molecule has 0 aromatic heterocycles. The van der Waals surface area contributed by atoms with E-state index in [1.54, 1.807) is 6.92 Å². The van der Waals surface area contributed by atoms with Crippen molar-refractivity contribution in [3.63, 3.8) is 0 Å². The van der Waals surface area contributed by atoms with Crippen molar-refractivity contribution in [1.82, 2.24) is 0 Å². The third-order valence-corrected chi connectivity index (χ3v) is 2.71. The van der Waals surface area contributed by atoms with Gasteiger partial charge in [-0.1, -0.05) is 20.8 Å². The molecule has 1 aromatic rings. The van der Waals surface area contributed by atoms with Gasteiger partial charge in [0.2, 0.25) is 0 Å². The lowest BCUT2D eigenvalue weighted by atomic mass is 10.00. The van der Waals surface area contributed by atoms with Crippen LogP contribution in [-0.2, 0) is 0 Å². The van der Waals surface area contributed by atoms with Gasteiger partial charge in [-0.25, -0.2) is 0 Å². The van der Waals surface area contributed by atoms with E-state index in [2.05, 4.69) is 20.8 Å². The van der Waals surface area contributed by atoms with E-state index in [1.165, 1.54) is 12.1 Å². The van der Waals surface area contributed by atoms with Crippen molar-refractivity contribution in [3.8, 4) is 17.2 Å². The number of ether oxygens (including phenoxy) is 1. The molecule has 1 atom stereocenters. The molecule has 0 spiro atoms. The predicted octanol–water partition coefficient (Wildman–Crippen LogP) is 3.47. The first-order valence-electron chi connectivity index (χ1n) is 6.05. The van der Waals surface area contributed by atoms with E-state index in [-0.39, 0.29) is 11.5 Å². The number of rotatable bonds is 5. The zero-order valence-corrected chi connectivity index (χ0v) is 11.0. The van der Waals surface area contributed by atoms with Crippen molar-refractivity contribution in [2.24, 2.45) is 11.8 Å². The molecule has 0 aliphatic heterocycles. The number of aromatic hydroxyl groups is 2. The van der Waals surface area contributed by atoms with Gasteiger partial charge < -0.3 is 14.9 Å². The summed E-state index contributed by atoms with van der Waals surface area (Å²) in [4.78, 5) is 0. The van der Waals surface area contributed by atoms with Crippen LogP contribution in [0.2, 0.25) is 0 Å². The second-order valence-corrected chi connectivity index (χ2v) is 5.13. The van der Waals surface area contributed by atoms with Gasteiger partial charge in [-0.05, 0) is 25.2 Å². The molecule has 0 aliphatic rings. The number of benzene rings is 1. The largest absolute Gasteiger partial charge is 0.508 e. The minimum absolute atomic E-state index is 0.0274. The van der Waals surface area contributed by atoms with Crippen molar-refractivity contribution < 1.29 is 14.9 Å². The van der Waals surface area contributed by atoms with Crippen LogP contribution in [0, 0.1) is 18.8 Å². The van der Waals surface area contributed by atoms with Crippen molar-refractivity contribution in [2.45, 2.75) is 34.1 Å². The van der Waals surface area contributed by atoms with E-state index in [0.29, 0.717) is 29.8 Å². The van der Waals surface area contributed by atoms with E-state index < -0.39 is 0 Å². The average Bonchev–Trinajstić information content (AvgIpc) is 2.20. The molecule has 0 amide bonds. The Balaban J connectivity index is 2.63.